The molecule has 0 saturated heterocycles. The second kappa shape index (κ2) is 8.80. The molecule has 3 nitrogen and oxygen atoms in total. The third-order valence-corrected chi connectivity index (χ3v) is 6.48. The molecular formula is C29H28O3. The van der Waals surface area contributed by atoms with E-state index in [1.807, 2.05) is 36.4 Å². The lowest BCUT2D eigenvalue weighted by atomic mass is 9.70. The molecule has 1 atom stereocenters. The highest BCUT2D eigenvalue weighted by atomic mass is 16.3. The van der Waals surface area contributed by atoms with E-state index in [9.17, 15) is 15.3 Å². The molecule has 4 aromatic rings. The molecule has 0 amide bonds. The van der Waals surface area contributed by atoms with Gasteiger partial charge >= 0.3 is 0 Å². The van der Waals surface area contributed by atoms with Crippen LogP contribution in [-0.2, 0) is 5.41 Å². The van der Waals surface area contributed by atoms with E-state index >= 15 is 0 Å². The molecule has 1 unspecified atom stereocenters. The van der Waals surface area contributed by atoms with Crippen molar-refractivity contribution in [2.45, 2.75) is 31.6 Å². The normalized spacial score (nSPS) is 12.4. The molecule has 0 aliphatic carbocycles. The molecule has 3 heteroatoms. The van der Waals surface area contributed by atoms with Gasteiger partial charge in [-0.2, -0.15) is 0 Å². The molecule has 4 aromatic carbocycles. The van der Waals surface area contributed by atoms with Crippen molar-refractivity contribution in [3.05, 3.63) is 125 Å². The molecule has 162 valence electrons. The molecule has 32 heavy (non-hydrogen) atoms. The first-order valence-electron chi connectivity index (χ1n) is 10.9. The largest absolute Gasteiger partial charge is 0.508 e. The molecule has 0 fully saturated rings. The van der Waals surface area contributed by atoms with Gasteiger partial charge in [0.15, 0.2) is 0 Å². The maximum Gasteiger partial charge on any atom is 0.115 e. The molecule has 0 aromatic heterocycles. The first kappa shape index (κ1) is 21.5. The highest BCUT2D eigenvalue weighted by molar-refractivity contribution is 5.52. The molecule has 0 bridgehead atoms. The summed E-state index contributed by atoms with van der Waals surface area (Å²) in [6.07, 6.45) is 0.956. The van der Waals surface area contributed by atoms with E-state index in [2.05, 4.69) is 38.1 Å². The van der Waals surface area contributed by atoms with Gasteiger partial charge in [-0.25, -0.2) is 0 Å². The molecule has 4 rings (SSSR count). The van der Waals surface area contributed by atoms with E-state index in [1.54, 1.807) is 36.4 Å². The number of hydrogen-bond acceptors (Lipinski definition) is 3. The molecular weight excluding hydrogens is 396 g/mol. The number of phenolic OH excluding ortho intramolecular Hbond substituents is 3. The summed E-state index contributed by atoms with van der Waals surface area (Å²) >= 11 is 0. The molecule has 3 N–H and O–H groups in total. The molecule has 0 aliphatic rings. The van der Waals surface area contributed by atoms with Crippen molar-refractivity contribution in [1.82, 2.24) is 0 Å². The molecule has 0 aliphatic heterocycles. The van der Waals surface area contributed by atoms with E-state index in [0.717, 1.165) is 23.1 Å². The van der Waals surface area contributed by atoms with Crippen molar-refractivity contribution in [2.75, 3.05) is 0 Å². The summed E-state index contributed by atoms with van der Waals surface area (Å²) in [4.78, 5) is 0. The molecule has 0 saturated carbocycles. The van der Waals surface area contributed by atoms with Crippen LogP contribution in [0.3, 0.4) is 0 Å². The van der Waals surface area contributed by atoms with E-state index in [-0.39, 0.29) is 23.2 Å². The minimum atomic E-state index is -0.458. The zero-order chi connectivity index (χ0) is 22.7. The van der Waals surface area contributed by atoms with Crippen molar-refractivity contribution in [1.29, 1.82) is 0 Å². The standard InChI is InChI=1S/C29H28O3/c1-3-28(21-6-14-25(30)15-7-21)20-4-8-22(9-5-20)29(2,23-10-16-26(31)17-11-23)24-12-18-27(32)19-13-24/h4-19,28,30-32H,3H2,1-2H3. The summed E-state index contributed by atoms with van der Waals surface area (Å²) in [6, 6.07) is 30.7. The summed E-state index contributed by atoms with van der Waals surface area (Å²) < 4.78 is 0. The minimum absolute atomic E-state index is 0.233. The van der Waals surface area contributed by atoms with Crippen molar-refractivity contribution < 1.29 is 15.3 Å². The monoisotopic (exact) mass is 424 g/mol. The van der Waals surface area contributed by atoms with Crippen LogP contribution < -0.4 is 0 Å². The fraction of sp³-hybridized carbons (Fsp3) is 0.172. The minimum Gasteiger partial charge on any atom is -0.508 e. The van der Waals surface area contributed by atoms with E-state index in [4.69, 9.17) is 0 Å². The van der Waals surface area contributed by atoms with Crippen molar-refractivity contribution in [3.63, 3.8) is 0 Å². The predicted molar refractivity (Wildman–Crippen MR) is 128 cm³/mol. The van der Waals surface area contributed by atoms with Gasteiger partial charge in [-0.15, -0.1) is 0 Å². The third-order valence-electron chi connectivity index (χ3n) is 6.48. The number of benzene rings is 4. The van der Waals surface area contributed by atoms with Gasteiger partial charge in [0, 0.05) is 11.3 Å². The van der Waals surface area contributed by atoms with Crippen LogP contribution in [0, 0.1) is 0 Å². The summed E-state index contributed by atoms with van der Waals surface area (Å²) in [6.45, 7) is 4.33. The Bertz CT molecular complexity index is 1110. The van der Waals surface area contributed by atoms with Crippen LogP contribution in [0.25, 0.3) is 0 Å². The summed E-state index contributed by atoms with van der Waals surface area (Å²) in [5, 5.41) is 29.2. The van der Waals surface area contributed by atoms with Crippen LogP contribution in [0.5, 0.6) is 17.2 Å². The SMILES string of the molecule is CCC(c1ccc(O)cc1)c1ccc(C(C)(c2ccc(O)cc2)c2ccc(O)cc2)cc1. The van der Waals surface area contributed by atoms with Crippen LogP contribution in [0.4, 0.5) is 0 Å². The highest BCUT2D eigenvalue weighted by Crippen LogP contribution is 2.40. The molecule has 0 heterocycles. The van der Waals surface area contributed by atoms with Gasteiger partial charge < -0.3 is 15.3 Å². The Hall–Kier alpha value is -3.72. The first-order chi connectivity index (χ1) is 15.4. The highest BCUT2D eigenvalue weighted by Gasteiger charge is 2.31. The smallest absolute Gasteiger partial charge is 0.115 e. The Morgan fingerprint density at radius 2 is 0.812 bits per heavy atom. The average molecular weight is 425 g/mol. The second-order valence-corrected chi connectivity index (χ2v) is 8.39. The lowest BCUT2D eigenvalue weighted by molar-refractivity contribution is 0.474. The Morgan fingerprint density at radius 3 is 1.16 bits per heavy atom. The van der Waals surface area contributed by atoms with E-state index in [1.165, 1.54) is 11.1 Å². The van der Waals surface area contributed by atoms with E-state index in [0.29, 0.717) is 0 Å². The fourth-order valence-electron chi connectivity index (χ4n) is 4.51. The fourth-order valence-corrected chi connectivity index (χ4v) is 4.51. The number of aromatic hydroxyl groups is 3. The zero-order valence-electron chi connectivity index (χ0n) is 18.4. The van der Waals surface area contributed by atoms with Crippen molar-refractivity contribution >= 4 is 0 Å². The average Bonchev–Trinajstić information content (AvgIpc) is 2.82. The first-order valence-corrected chi connectivity index (χ1v) is 10.9. The topological polar surface area (TPSA) is 60.7 Å². The summed E-state index contributed by atoms with van der Waals surface area (Å²) in [5.74, 6) is 0.990. The van der Waals surface area contributed by atoms with Crippen LogP contribution in [0.15, 0.2) is 97.1 Å². The van der Waals surface area contributed by atoms with Gasteiger partial charge in [-0.3, -0.25) is 0 Å². The van der Waals surface area contributed by atoms with Crippen LogP contribution in [0.2, 0.25) is 0 Å². The second-order valence-electron chi connectivity index (χ2n) is 8.39. The van der Waals surface area contributed by atoms with Crippen molar-refractivity contribution in [3.8, 4) is 17.2 Å². The summed E-state index contributed by atoms with van der Waals surface area (Å²) in [7, 11) is 0. The van der Waals surface area contributed by atoms with Crippen LogP contribution in [0.1, 0.15) is 54.0 Å². The van der Waals surface area contributed by atoms with E-state index < -0.39 is 5.41 Å². The van der Waals surface area contributed by atoms with Gasteiger partial charge in [-0.05, 0) is 77.6 Å². The summed E-state index contributed by atoms with van der Waals surface area (Å²) in [5.41, 5.74) is 5.18. The van der Waals surface area contributed by atoms with Crippen LogP contribution in [-0.4, -0.2) is 15.3 Å². The molecule has 0 spiro atoms. The molecule has 0 radical (unpaired) electrons. The quantitative estimate of drug-likeness (QED) is 0.302. The van der Waals surface area contributed by atoms with Crippen LogP contribution >= 0.6 is 0 Å². The Morgan fingerprint density at radius 1 is 0.531 bits per heavy atom. The van der Waals surface area contributed by atoms with Gasteiger partial charge in [0.25, 0.3) is 0 Å². The number of hydrogen-bond donors (Lipinski definition) is 3. The lowest BCUT2D eigenvalue weighted by Crippen LogP contribution is -2.25. The number of rotatable bonds is 6. The Balaban J connectivity index is 1.77. The Kier molecular flexibility index (Phi) is 5.91. The Labute approximate surface area is 189 Å². The van der Waals surface area contributed by atoms with Gasteiger partial charge in [-0.1, -0.05) is 67.6 Å². The number of phenols is 3. The zero-order valence-corrected chi connectivity index (χ0v) is 18.4. The third kappa shape index (κ3) is 4.06. The predicted octanol–water partition coefficient (Wildman–Crippen LogP) is 6.70. The maximum atomic E-state index is 9.80. The van der Waals surface area contributed by atoms with Gasteiger partial charge in [0.2, 0.25) is 0 Å². The van der Waals surface area contributed by atoms with Crippen molar-refractivity contribution in [2.24, 2.45) is 0 Å². The lowest BCUT2D eigenvalue weighted by Gasteiger charge is -2.32. The van der Waals surface area contributed by atoms with Gasteiger partial charge in [0.05, 0.1) is 0 Å². The maximum absolute atomic E-state index is 9.80. The van der Waals surface area contributed by atoms with Gasteiger partial charge in [0.1, 0.15) is 17.2 Å².